The van der Waals surface area contributed by atoms with E-state index in [1.165, 1.54) is 16.9 Å². The van der Waals surface area contributed by atoms with Crippen LogP contribution in [0.5, 0.6) is 0 Å². The normalized spacial score (nSPS) is 10.3. The summed E-state index contributed by atoms with van der Waals surface area (Å²) in [6.45, 7) is 0. The standard InChI is InChI=1S/C20H14N2O2S.Li.H/c23-20(24)18-10-16-17(11-21-12-19(16)25-18)22-15-8-6-14(7-9-15)13-4-2-1-3-5-13;;/h1-12,22H,(H,23,24);;/q;+1;-1. The third kappa shape index (κ3) is 3.66. The Morgan fingerprint density at radius 3 is 2.38 bits per heavy atom. The van der Waals surface area contributed by atoms with E-state index in [0.717, 1.165) is 27.0 Å². The number of carboxylic acids is 1. The summed E-state index contributed by atoms with van der Waals surface area (Å²) in [6.07, 6.45) is 3.40. The summed E-state index contributed by atoms with van der Waals surface area (Å²) in [5.74, 6) is -0.917. The molecule has 2 N–H and O–H groups in total. The fourth-order valence-corrected chi connectivity index (χ4v) is 3.59. The van der Waals surface area contributed by atoms with Gasteiger partial charge in [0.15, 0.2) is 0 Å². The number of carbonyl (C=O) groups is 1. The first-order chi connectivity index (χ1) is 12.2. The summed E-state index contributed by atoms with van der Waals surface area (Å²) < 4.78 is 0.850. The number of anilines is 2. The molecular formula is C20H15LiN2O2S. The minimum absolute atomic E-state index is 0. The molecule has 0 radical (unpaired) electrons. The summed E-state index contributed by atoms with van der Waals surface area (Å²) >= 11 is 1.23. The number of rotatable bonds is 4. The first kappa shape index (κ1) is 18.2. The van der Waals surface area contributed by atoms with Crippen LogP contribution in [0.1, 0.15) is 11.1 Å². The first-order valence-corrected chi connectivity index (χ1v) is 8.56. The molecular weight excluding hydrogens is 339 g/mol. The molecule has 6 heteroatoms. The van der Waals surface area contributed by atoms with E-state index in [-0.39, 0.29) is 20.3 Å². The minimum Gasteiger partial charge on any atom is -1.00 e. The smallest absolute Gasteiger partial charge is 1.00 e. The van der Waals surface area contributed by atoms with Crippen LogP contribution < -0.4 is 24.2 Å². The minimum atomic E-state index is -0.917. The van der Waals surface area contributed by atoms with Crippen molar-refractivity contribution >= 4 is 38.8 Å². The number of carboxylic acid groups (broad SMARTS) is 1. The van der Waals surface area contributed by atoms with Gasteiger partial charge in [-0.1, -0.05) is 42.5 Å². The molecule has 0 bridgehead atoms. The third-order valence-corrected chi connectivity index (χ3v) is 4.99. The molecule has 2 heterocycles. The van der Waals surface area contributed by atoms with Crippen LogP contribution in [-0.4, -0.2) is 16.1 Å². The fourth-order valence-electron chi connectivity index (χ4n) is 2.70. The Hall–Kier alpha value is -2.58. The van der Waals surface area contributed by atoms with Gasteiger partial charge in [-0.05, 0) is 29.3 Å². The molecule has 0 aliphatic carbocycles. The zero-order valence-corrected chi connectivity index (χ0v) is 15.0. The number of nitrogens with one attached hydrogen (secondary N) is 1. The maximum atomic E-state index is 11.2. The molecule has 2 aromatic carbocycles. The predicted molar refractivity (Wildman–Crippen MR) is 103 cm³/mol. The van der Waals surface area contributed by atoms with Crippen LogP contribution in [0.25, 0.3) is 21.2 Å². The van der Waals surface area contributed by atoms with Crippen molar-refractivity contribution in [2.75, 3.05) is 5.32 Å². The van der Waals surface area contributed by atoms with Crippen LogP contribution in [0, 0.1) is 0 Å². The molecule has 0 aliphatic heterocycles. The number of hydrogen-bond acceptors (Lipinski definition) is 4. The van der Waals surface area contributed by atoms with Gasteiger partial charge in [-0.25, -0.2) is 4.79 Å². The summed E-state index contributed by atoms with van der Waals surface area (Å²) in [7, 11) is 0. The van der Waals surface area contributed by atoms with Gasteiger partial charge in [-0.2, -0.15) is 0 Å². The second-order valence-electron chi connectivity index (χ2n) is 5.58. The van der Waals surface area contributed by atoms with E-state index < -0.39 is 5.97 Å². The molecule has 0 aliphatic rings. The number of pyridine rings is 1. The van der Waals surface area contributed by atoms with Gasteiger partial charge in [0, 0.05) is 17.3 Å². The number of aromatic carboxylic acids is 1. The van der Waals surface area contributed by atoms with Gasteiger partial charge in [0.25, 0.3) is 0 Å². The maximum absolute atomic E-state index is 11.2. The van der Waals surface area contributed by atoms with Crippen molar-refractivity contribution in [2.45, 2.75) is 0 Å². The Labute approximate surface area is 168 Å². The maximum Gasteiger partial charge on any atom is 1.00 e. The summed E-state index contributed by atoms with van der Waals surface area (Å²) in [5, 5.41) is 13.4. The van der Waals surface area contributed by atoms with Gasteiger partial charge >= 0.3 is 24.8 Å². The van der Waals surface area contributed by atoms with E-state index in [2.05, 4.69) is 34.6 Å². The number of benzene rings is 2. The van der Waals surface area contributed by atoms with E-state index >= 15 is 0 Å². The van der Waals surface area contributed by atoms with Gasteiger partial charge in [0.05, 0.1) is 16.6 Å². The predicted octanol–water partition coefficient (Wildman–Crippen LogP) is 2.52. The molecule has 4 nitrogen and oxygen atoms in total. The monoisotopic (exact) mass is 354 g/mol. The van der Waals surface area contributed by atoms with Crippen LogP contribution in [-0.2, 0) is 0 Å². The van der Waals surface area contributed by atoms with E-state index in [1.807, 2.05) is 30.3 Å². The number of hydrogen-bond donors (Lipinski definition) is 2. The van der Waals surface area contributed by atoms with Crippen LogP contribution in [0.3, 0.4) is 0 Å². The SMILES string of the molecule is O=C(O)c1cc2c(Nc3ccc(-c4ccccc4)cc3)cncc2s1.[H-].[Li+]. The zero-order chi connectivity index (χ0) is 17.2. The Morgan fingerprint density at radius 2 is 1.69 bits per heavy atom. The van der Waals surface area contributed by atoms with Crippen molar-refractivity contribution in [3.05, 3.63) is 77.9 Å². The third-order valence-electron chi connectivity index (χ3n) is 3.93. The van der Waals surface area contributed by atoms with Crippen molar-refractivity contribution in [1.29, 1.82) is 0 Å². The molecule has 0 atom stereocenters. The van der Waals surface area contributed by atoms with Crippen molar-refractivity contribution in [2.24, 2.45) is 0 Å². The van der Waals surface area contributed by atoms with Crippen LogP contribution in [0.2, 0.25) is 0 Å². The molecule has 0 amide bonds. The Morgan fingerprint density at radius 1 is 1.00 bits per heavy atom. The fraction of sp³-hybridized carbons (Fsp3) is 0. The average molecular weight is 354 g/mol. The summed E-state index contributed by atoms with van der Waals surface area (Å²) in [6, 6.07) is 20.0. The van der Waals surface area contributed by atoms with Gasteiger partial charge < -0.3 is 11.8 Å². The van der Waals surface area contributed by atoms with Gasteiger partial charge in [0.1, 0.15) is 4.88 Å². The van der Waals surface area contributed by atoms with Crippen molar-refractivity contribution in [1.82, 2.24) is 4.98 Å². The second-order valence-corrected chi connectivity index (χ2v) is 6.67. The number of thiophene rings is 1. The molecule has 4 rings (SSSR count). The molecule has 0 saturated carbocycles. The molecule has 0 fully saturated rings. The molecule has 124 valence electrons. The van der Waals surface area contributed by atoms with Gasteiger partial charge in [-0.3, -0.25) is 4.98 Å². The average Bonchev–Trinajstić information content (AvgIpc) is 3.09. The van der Waals surface area contributed by atoms with Crippen LogP contribution >= 0.6 is 11.3 Å². The summed E-state index contributed by atoms with van der Waals surface area (Å²) in [5.41, 5.74) is 4.04. The molecule has 2 aromatic heterocycles. The van der Waals surface area contributed by atoms with E-state index in [4.69, 9.17) is 0 Å². The zero-order valence-electron chi connectivity index (χ0n) is 15.1. The molecule has 4 aromatic rings. The van der Waals surface area contributed by atoms with Gasteiger partial charge in [-0.15, -0.1) is 11.3 Å². The number of fused-ring (bicyclic) bond motifs is 1. The second kappa shape index (κ2) is 7.75. The van der Waals surface area contributed by atoms with E-state index in [0.29, 0.717) is 4.88 Å². The Bertz CT molecular complexity index is 1050. The summed E-state index contributed by atoms with van der Waals surface area (Å²) in [4.78, 5) is 15.7. The van der Waals surface area contributed by atoms with Crippen molar-refractivity contribution in [3.63, 3.8) is 0 Å². The largest absolute Gasteiger partial charge is 1.00 e. The van der Waals surface area contributed by atoms with E-state index in [9.17, 15) is 9.90 Å². The van der Waals surface area contributed by atoms with Crippen LogP contribution in [0.4, 0.5) is 11.4 Å². The Kier molecular flexibility index (Phi) is 5.43. The number of nitrogens with zero attached hydrogens (tertiary/aromatic N) is 1. The van der Waals surface area contributed by atoms with Crippen molar-refractivity contribution < 1.29 is 30.2 Å². The topological polar surface area (TPSA) is 62.2 Å². The first-order valence-electron chi connectivity index (χ1n) is 7.74. The molecule has 0 spiro atoms. The Balaban J connectivity index is 0.00000131. The number of aromatic nitrogens is 1. The quantitative estimate of drug-likeness (QED) is 0.553. The molecule has 0 saturated heterocycles. The van der Waals surface area contributed by atoms with Crippen LogP contribution in [0.15, 0.2) is 73.1 Å². The van der Waals surface area contributed by atoms with Crippen molar-refractivity contribution in [3.8, 4) is 11.1 Å². The van der Waals surface area contributed by atoms with E-state index in [1.54, 1.807) is 18.5 Å². The molecule has 26 heavy (non-hydrogen) atoms. The van der Waals surface area contributed by atoms with Gasteiger partial charge in [0.2, 0.25) is 0 Å². The molecule has 0 unspecified atom stereocenters.